The number of ether oxygens (including phenoxy) is 4. The molecule has 0 unspecified atom stereocenters. The van der Waals surface area contributed by atoms with Crippen molar-refractivity contribution in [3.8, 4) is 23.0 Å². The average molecular weight is 488 g/mol. The maximum atomic E-state index is 15.4. The van der Waals surface area contributed by atoms with E-state index in [1.807, 2.05) is 0 Å². The zero-order chi connectivity index (χ0) is 25.2. The van der Waals surface area contributed by atoms with Gasteiger partial charge in [0.25, 0.3) is 0 Å². The molecule has 0 bridgehead atoms. The second kappa shape index (κ2) is 7.55. The van der Waals surface area contributed by atoms with Crippen molar-refractivity contribution >= 4 is 17.9 Å². The molecule has 0 saturated heterocycles. The topological polar surface area (TPSA) is 88.1 Å². The lowest BCUT2D eigenvalue weighted by Gasteiger charge is -2.37. The van der Waals surface area contributed by atoms with Gasteiger partial charge in [-0.3, -0.25) is 9.59 Å². The molecule has 7 nitrogen and oxygen atoms in total. The number of rotatable bonds is 2. The number of carbonyl (C=O) groups excluding carboxylic acids is 3. The van der Waals surface area contributed by atoms with Crippen molar-refractivity contribution in [3.05, 3.63) is 81.9 Å². The summed E-state index contributed by atoms with van der Waals surface area (Å²) in [7, 11) is 0. The van der Waals surface area contributed by atoms with Crippen LogP contribution in [0.15, 0.2) is 36.4 Å². The molecule has 0 atom stereocenters. The predicted octanol–water partition coefficient (Wildman–Crippen LogP) is 4.66. The van der Waals surface area contributed by atoms with Crippen LogP contribution in [-0.2, 0) is 19.9 Å². The van der Waals surface area contributed by atoms with E-state index < -0.39 is 80.9 Å². The van der Waals surface area contributed by atoms with E-state index in [0.717, 1.165) is 13.8 Å². The maximum absolute atomic E-state index is 15.4. The molecular formula is C24H12F4O7. The highest BCUT2D eigenvalue weighted by Gasteiger charge is 2.56. The lowest BCUT2D eigenvalue weighted by molar-refractivity contribution is -0.133. The molecular weight excluding hydrogens is 476 g/mol. The van der Waals surface area contributed by atoms with Crippen LogP contribution >= 0.6 is 0 Å². The summed E-state index contributed by atoms with van der Waals surface area (Å²) in [5.74, 6) is -12.8. The molecule has 35 heavy (non-hydrogen) atoms. The van der Waals surface area contributed by atoms with Gasteiger partial charge in [-0.05, 0) is 18.2 Å². The summed E-state index contributed by atoms with van der Waals surface area (Å²) in [6, 6.07) is 7.09. The summed E-state index contributed by atoms with van der Waals surface area (Å²) in [5, 5.41) is 0. The number of halogens is 4. The van der Waals surface area contributed by atoms with E-state index in [1.165, 1.54) is 24.3 Å². The minimum Gasteiger partial charge on any atom is -0.450 e. The molecule has 5 rings (SSSR count). The van der Waals surface area contributed by atoms with E-state index >= 15 is 8.78 Å². The van der Waals surface area contributed by atoms with E-state index in [-0.39, 0.29) is 11.1 Å². The fourth-order valence-electron chi connectivity index (χ4n) is 4.23. The fourth-order valence-corrected chi connectivity index (χ4v) is 4.23. The van der Waals surface area contributed by atoms with Crippen LogP contribution in [0.25, 0.3) is 0 Å². The van der Waals surface area contributed by atoms with Crippen LogP contribution < -0.4 is 14.2 Å². The number of hydrogen-bond acceptors (Lipinski definition) is 7. The number of hydrogen-bond donors (Lipinski definition) is 0. The lowest BCUT2D eigenvalue weighted by atomic mass is 9.77. The van der Waals surface area contributed by atoms with Gasteiger partial charge >= 0.3 is 17.9 Å². The van der Waals surface area contributed by atoms with Gasteiger partial charge in [-0.2, -0.15) is 8.78 Å². The third kappa shape index (κ3) is 3.07. The van der Waals surface area contributed by atoms with Crippen LogP contribution in [0.4, 0.5) is 17.6 Å². The lowest BCUT2D eigenvalue weighted by Crippen LogP contribution is -2.34. The first-order valence-electron chi connectivity index (χ1n) is 9.98. The fraction of sp³-hybridized carbons (Fsp3) is 0.125. The molecule has 0 radical (unpaired) electrons. The normalized spacial score (nSPS) is 14.4. The van der Waals surface area contributed by atoms with Gasteiger partial charge in [0, 0.05) is 19.4 Å². The van der Waals surface area contributed by atoms with Crippen molar-refractivity contribution in [3.63, 3.8) is 0 Å². The van der Waals surface area contributed by atoms with E-state index in [2.05, 4.69) is 9.47 Å². The van der Waals surface area contributed by atoms with Crippen LogP contribution in [0.5, 0.6) is 23.0 Å². The molecule has 2 aliphatic rings. The number of fused-ring (bicyclic) bond motifs is 6. The highest BCUT2D eigenvalue weighted by Crippen LogP contribution is 2.59. The van der Waals surface area contributed by atoms with E-state index in [1.54, 1.807) is 0 Å². The summed E-state index contributed by atoms with van der Waals surface area (Å²) in [6.07, 6.45) is 0. The Morgan fingerprint density at radius 3 is 1.77 bits per heavy atom. The quantitative estimate of drug-likeness (QED) is 0.295. The first-order chi connectivity index (χ1) is 16.6. The molecule has 3 aromatic carbocycles. The molecule has 1 spiro atoms. The first kappa shape index (κ1) is 22.4. The molecule has 0 aliphatic carbocycles. The van der Waals surface area contributed by atoms with Crippen molar-refractivity contribution in [1.82, 2.24) is 0 Å². The highest BCUT2D eigenvalue weighted by atomic mass is 19.1. The van der Waals surface area contributed by atoms with Crippen LogP contribution in [0.3, 0.4) is 0 Å². The van der Waals surface area contributed by atoms with Gasteiger partial charge in [-0.15, -0.1) is 0 Å². The van der Waals surface area contributed by atoms with Crippen molar-refractivity contribution in [2.24, 2.45) is 0 Å². The van der Waals surface area contributed by atoms with E-state index in [4.69, 9.17) is 9.47 Å². The van der Waals surface area contributed by atoms with Crippen molar-refractivity contribution in [2.75, 3.05) is 0 Å². The Hall–Kier alpha value is -4.41. The summed E-state index contributed by atoms with van der Waals surface area (Å²) < 4.78 is 80.9. The van der Waals surface area contributed by atoms with Gasteiger partial charge < -0.3 is 18.9 Å². The standard InChI is InChI=1S/C24H12F4O7/c1-9(29)32-21-15(25)7-13-19(17(21)27)34-20-14(8-16(26)22(18(20)28)33-10(2)30)24(13)12-6-4-3-5-11(12)23(31)35-24/h3-8H,1-2H3. The Balaban J connectivity index is 1.90. The van der Waals surface area contributed by atoms with Crippen LogP contribution in [0.1, 0.15) is 40.9 Å². The molecule has 0 saturated carbocycles. The molecule has 0 N–H and O–H groups in total. The molecule has 0 aromatic heterocycles. The Bertz CT molecular complexity index is 1400. The van der Waals surface area contributed by atoms with Crippen LogP contribution in [0, 0.1) is 23.3 Å². The largest absolute Gasteiger partial charge is 0.450 e. The number of carbonyl (C=O) groups is 3. The van der Waals surface area contributed by atoms with Gasteiger partial charge in [0.1, 0.15) is 0 Å². The van der Waals surface area contributed by atoms with E-state index in [9.17, 15) is 23.2 Å². The second-order valence-corrected chi connectivity index (χ2v) is 7.66. The molecule has 2 aliphatic heterocycles. The third-order valence-corrected chi connectivity index (χ3v) is 5.49. The SMILES string of the molecule is CC(=O)Oc1c(F)cc2c(c1F)Oc1c(cc(F)c(OC(C)=O)c1F)C21OC(=O)c2ccccc21. The Morgan fingerprint density at radius 2 is 1.29 bits per heavy atom. The second-order valence-electron chi connectivity index (χ2n) is 7.66. The van der Waals surface area contributed by atoms with Crippen molar-refractivity contribution < 1.29 is 50.9 Å². The Labute approximate surface area is 193 Å². The predicted molar refractivity (Wildman–Crippen MR) is 107 cm³/mol. The maximum Gasteiger partial charge on any atom is 0.340 e. The zero-order valence-corrected chi connectivity index (χ0v) is 17.8. The number of benzene rings is 3. The summed E-state index contributed by atoms with van der Waals surface area (Å²) in [6.45, 7) is 1.80. The third-order valence-electron chi connectivity index (χ3n) is 5.49. The number of esters is 3. The highest BCUT2D eigenvalue weighted by molar-refractivity contribution is 5.97. The monoisotopic (exact) mass is 488 g/mol. The summed E-state index contributed by atoms with van der Waals surface area (Å²) in [5.41, 5.74) is -3.15. The first-order valence-corrected chi connectivity index (χ1v) is 9.98. The van der Waals surface area contributed by atoms with Gasteiger partial charge in [0.05, 0.1) is 16.7 Å². The van der Waals surface area contributed by atoms with Gasteiger partial charge in [-0.25, -0.2) is 13.6 Å². The summed E-state index contributed by atoms with van der Waals surface area (Å²) in [4.78, 5) is 35.5. The molecule has 178 valence electrons. The summed E-state index contributed by atoms with van der Waals surface area (Å²) >= 11 is 0. The zero-order valence-electron chi connectivity index (χ0n) is 17.8. The molecule has 2 heterocycles. The minimum atomic E-state index is -2.25. The molecule has 0 amide bonds. The molecule has 0 fully saturated rings. The van der Waals surface area contributed by atoms with Crippen molar-refractivity contribution in [2.45, 2.75) is 19.4 Å². The van der Waals surface area contributed by atoms with Crippen LogP contribution in [0.2, 0.25) is 0 Å². The molecule has 11 heteroatoms. The Morgan fingerprint density at radius 1 is 0.800 bits per heavy atom. The molecule has 3 aromatic rings. The smallest absolute Gasteiger partial charge is 0.340 e. The van der Waals surface area contributed by atoms with Crippen molar-refractivity contribution in [1.29, 1.82) is 0 Å². The average Bonchev–Trinajstić information content (AvgIpc) is 3.09. The van der Waals surface area contributed by atoms with Gasteiger partial charge in [0.15, 0.2) is 28.7 Å². The van der Waals surface area contributed by atoms with Crippen LogP contribution in [-0.4, -0.2) is 17.9 Å². The van der Waals surface area contributed by atoms with Gasteiger partial charge in [0.2, 0.25) is 23.1 Å². The van der Waals surface area contributed by atoms with E-state index in [0.29, 0.717) is 12.1 Å². The van der Waals surface area contributed by atoms with Gasteiger partial charge in [-0.1, -0.05) is 18.2 Å². The minimum absolute atomic E-state index is 0.0221. The Kier molecular flexibility index (Phi) is 4.83.